The highest BCUT2D eigenvalue weighted by Gasteiger charge is 2.17. The zero-order chi connectivity index (χ0) is 10.8. The lowest BCUT2D eigenvalue weighted by molar-refractivity contribution is 0.560. The summed E-state index contributed by atoms with van der Waals surface area (Å²) in [4.78, 5) is 0. The van der Waals surface area contributed by atoms with Crippen LogP contribution in [0.15, 0.2) is 12.1 Å². The van der Waals surface area contributed by atoms with Crippen molar-refractivity contribution >= 4 is 11.6 Å². The molecule has 1 N–H and O–H groups in total. The van der Waals surface area contributed by atoms with Gasteiger partial charge in [-0.1, -0.05) is 17.7 Å². The van der Waals surface area contributed by atoms with Crippen molar-refractivity contribution in [1.82, 2.24) is 5.32 Å². The molecule has 0 radical (unpaired) electrons. The summed E-state index contributed by atoms with van der Waals surface area (Å²) >= 11 is 5.81. The summed E-state index contributed by atoms with van der Waals surface area (Å²) in [5, 5.41) is 3.60. The molecular formula is C12H15ClFN. The molecule has 1 unspecified atom stereocenters. The second kappa shape index (κ2) is 4.50. The van der Waals surface area contributed by atoms with Crippen LogP contribution in [0.3, 0.4) is 0 Å². The maximum absolute atomic E-state index is 13.7. The van der Waals surface area contributed by atoms with Crippen LogP contribution in [0.5, 0.6) is 0 Å². The molecule has 2 rings (SSSR count). The Bertz CT molecular complexity index is 359. The quantitative estimate of drug-likeness (QED) is 0.819. The van der Waals surface area contributed by atoms with Gasteiger partial charge in [0.2, 0.25) is 0 Å². The molecule has 0 amide bonds. The average Bonchev–Trinajstić information content (AvgIpc) is 2.66. The van der Waals surface area contributed by atoms with E-state index in [9.17, 15) is 4.39 Å². The molecule has 1 atom stereocenters. The SMILES string of the molecule is Cc1cc(Cl)c(F)c(CC2CCCN2)c1. The molecule has 0 bridgehead atoms. The fourth-order valence-corrected chi connectivity index (χ4v) is 2.43. The number of nitrogens with one attached hydrogen (secondary N) is 1. The molecule has 1 aliphatic heterocycles. The first kappa shape index (κ1) is 10.9. The van der Waals surface area contributed by atoms with Crippen molar-refractivity contribution in [3.05, 3.63) is 34.1 Å². The van der Waals surface area contributed by atoms with Gasteiger partial charge < -0.3 is 5.32 Å². The maximum atomic E-state index is 13.7. The topological polar surface area (TPSA) is 12.0 Å². The van der Waals surface area contributed by atoms with Crippen LogP contribution in [0, 0.1) is 12.7 Å². The molecule has 0 saturated carbocycles. The lowest BCUT2D eigenvalue weighted by atomic mass is 10.0. The summed E-state index contributed by atoms with van der Waals surface area (Å²) in [5.74, 6) is -0.254. The minimum absolute atomic E-state index is 0.239. The van der Waals surface area contributed by atoms with Crippen molar-refractivity contribution < 1.29 is 4.39 Å². The van der Waals surface area contributed by atoms with Crippen molar-refractivity contribution in [3.63, 3.8) is 0 Å². The number of hydrogen-bond donors (Lipinski definition) is 1. The van der Waals surface area contributed by atoms with Gasteiger partial charge in [0, 0.05) is 6.04 Å². The van der Waals surface area contributed by atoms with Gasteiger partial charge in [-0.2, -0.15) is 0 Å². The van der Waals surface area contributed by atoms with Crippen molar-refractivity contribution in [2.75, 3.05) is 6.54 Å². The Morgan fingerprint density at radius 2 is 2.33 bits per heavy atom. The summed E-state index contributed by atoms with van der Waals surface area (Å²) in [6, 6.07) is 3.97. The van der Waals surface area contributed by atoms with E-state index in [2.05, 4.69) is 5.32 Å². The fourth-order valence-electron chi connectivity index (χ4n) is 2.14. The van der Waals surface area contributed by atoms with Gasteiger partial charge in [0.25, 0.3) is 0 Å². The Hall–Kier alpha value is -0.600. The first-order chi connectivity index (χ1) is 7.16. The van der Waals surface area contributed by atoms with E-state index in [0.29, 0.717) is 6.04 Å². The molecule has 0 aromatic heterocycles. The molecule has 1 saturated heterocycles. The second-order valence-corrected chi connectivity index (χ2v) is 4.62. The molecular weight excluding hydrogens is 213 g/mol. The van der Waals surface area contributed by atoms with Crippen LogP contribution in [-0.4, -0.2) is 12.6 Å². The molecule has 1 fully saturated rings. The van der Waals surface area contributed by atoms with Crippen molar-refractivity contribution in [3.8, 4) is 0 Å². The minimum atomic E-state index is -0.254. The van der Waals surface area contributed by atoms with E-state index in [1.807, 2.05) is 13.0 Å². The number of aryl methyl sites for hydroxylation is 1. The summed E-state index contributed by atoms with van der Waals surface area (Å²) in [6.07, 6.45) is 3.06. The van der Waals surface area contributed by atoms with Gasteiger partial charge in [0.05, 0.1) is 5.02 Å². The van der Waals surface area contributed by atoms with Gasteiger partial charge >= 0.3 is 0 Å². The minimum Gasteiger partial charge on any atom is -0.314 e. The van der Waals surface area contributed by atoms with Crippen LogP contribution in [0.4, 0.5) is 4.39 Å². The Kier molecular flexibility index (Phi) is 3.27. The first-order valence-corrected chi connectivity index (χ1v) is 5.72. The van der Waals surface area contributed by atoms with Gasteiger partial charge in [-0.15, -0.1) is 0 Å². The zero-order valence-corrected chi connectivity index (χ0v) is 9.57. The van der Waals surface area contributed by atoms with E-state index in [4.69, 9.17) is 11.6 Å². The third-order valence-corrected chi connectivity index (χ3v) is 3.15. The average molecular weight is 228 g/mol. The fraction of sp³-hybridized carbons (Fsp3) is 0.500. The van der Waals surface area contributed by atoms with Crippen LogP contribution in [0.2, 0.25) is 5.02 Å². The summed E-state index contributed by atoms with van der Waals surface area (Å²) in [7, 11) is 0. The smallest absolute Gasteiger partial charge is 0.145 e. The van der Waals surface area contributed by atoms with Crippen LogP contribution < -0.4 is 5.32 Å². The Labute approximate surface area is 94.6 Å². The van der Waals surface area contributed by atoms with E-state index in [1.54, 1.807) is 6.07 Å². The lowest BCUT2D eigenvalue weighted by Crippen LogP contribution is -2.24. The van der Waals surface area contributed by atoms with E-state index in [1.165, 1.54) is 6.42 Å². The van der Waals surface area contributed by atoms with Gasteiger partial charge in [0.1, 0.15) is 5.82 Å². The molecule has 15 heavy (non-hydrogen) atoms. The van der Waals surface area contributed by atoms with Crippen LogP contribution in [0.1, 0.15) is 24.0 Å². The van der Waals surface area contributed by atoms with E-state index in [-0.39, 0.29) is 10.8 Å². The van der Waals surface area contributed by atoms with Gasteiger partial charge in [-0.3, -0.25) is 0 Å². The molecule has 1 heterocycles. The van der Waals surface area contributed by atoms with Gasteiger partial charge in [0.15, 0.2) is 0 Å². The van der Waals surface area contributed by atoms with Crippen molar-refractivity contribution in [1.29, 1.82) is 0 Å². The third-order valence-electron chi connectivity index (χ3n) is 2.88. The van der Waals surface area contributed by atoms with E-state index in [0.717, 1.165) is 30.5 Å². The number of hydrogen-bond acceptors (Lipinski definition) is 1. The molecule has 82 valence electrons. The van der Waals surface area contributed by atoms with Crippen LogP contribution in [-0.2, 0) is 6.42 Å². The Balaban J connectivity index is 2.19. The molecule has 1 aliphatic rings. The maximum Gasteiger partial charge on any atom is 0.145 e. The van der Waals surface area contributed by atoms with Crippen LogP contribution in [0.25, 0.3) is 0 Å². The number of benzene rings is 1. The van der Waals surface area contributed by atoms with E-state index >= 15 is 0 Å². The standard InChI is InChI=1S/C12H15ClFN/c1-8-5-9(12(14)11(13)6-8)7-10-3-2-4-15-10/h5-6,10,15H,2-4,7H2,1H3. The van der Waals surface area contributed by atoms with Gasteiger partial charge in [-0.25, -0.2) is 4.39 Å². The second-order valence-electron chi connectivity index (χ2n) is 4.22. The molecule has 1 aromatic rings. The highest BCUT2D eigenvalue weighted by Crippen LogP contribution is 2.23. The Morgan fingerprint density at radius 3 is 3.00 bits per heavy atom. The predicted octanol–water partition coefficient (Wildman–Crippen LogP) is 3.08. The molecule has 0 aliphatic carbocycles. The van der Waals surface area contributed by atoms with Crippen molar-refractivity contribution in [2.45, 2.75) is 32.2 Å². The van der Waals surface area contributed by atoms with Crippen LogP contribution >= 0.6 is 11.6 Å². The monoisotopic (exact) mass is 227 g/mol. The first-order valence-electron chi connectivity index (χ1n) is 5.34. The molecule has 1 nitrogen and oxygen atoms in total. The van der Waals surface area contributed by atoms with Gasteiger partial charge in [-0.05, 0) is 49.9 Å². The summed E-state index contributed by atoms with van der Waals surface area (Å²) < 4.78 is 13.7. The van der Waals surface area contributed by atoms with Crippen molar-refractivity contribution in [2.24, 2.45) is 0 Å². The molecule has 1 aromatic carbocycles. The highest BCUT2D eigenvalue weighted by molar-refractivity contribution is 6.30. The summed E-state index contributed by atoms with van der Waals surface area (Å²) in [5.41, 5.74) is 1.76. The third kappa shape index (κ3) is 2.50. The Morgan fingerprint density at radius 1 is 1.53 bits per heavy atom. The predicted molar refractivity (Wildman–Crippen MR) is 60.9 cm³/mol. The number of rotatable bonds is 2. The molecule has 3 heteroatoms. The van der Waals surface area contributed by atoms with E-state index < -0.39 is 0 Å². The number of halogens is 2. The molecule has 0 spiro atoms. The summed E-state index contributed by atoms with van der Waals surface area (Å²) in [6.45, 7) is 2.99. The lowest BCUT2D eigenvalue weighted by Gasteiger charge is -2.12. The normalized spacial score (nSPS) is 20.9. The highest BCUT2D eigenvalue weighted by atomic mass is 35.5. The largest absolute Gasteiger partial charge is 0.314 e. The zero-order valence-electron chi connectivity index (χ0n) is 8.82.